The van der Waals surface area contributed by atoms with Gasteiger partial charge in [-0.3, -0.25) is 4.68 Å². The summed E-state index contributed by atoms with van der Waals surface area (Å²) in [4.78, 5) is 0. The summed E-state index contributed by atoms with van der Waals surface area (Å²) in [6.07, 6.45) is 6.12. The van der Waals surface area contributed by atoms with Gasteiger partial charge in [0.05, 0.1) is 15.9 Å². The molecule has 1 rings (SSSR count). The predicted molar refractivity (Wildman–Crippen MR) is 85.6 cm³/mol. The largest absolute Gasteiger partial charge is 0.314 e. The van der Waals surface area contributed by atoms with E-state index in [9.17, 15) is 0 Å². The molecule has 0 aromatic carbocycles. The number of nitrogens with zero attached hydrogens (tertiary/aromatic N) is 2. The molecule has 0 aliphatic heterocycles. The van der Waals surface area contributed by atoms with E-state index in [1.807, 2.05) is 0 Å². The maximum absolute atomic E-state index is 4.55. The summed E-state index contributed by atoms with van der Waals surface area (Å²) in [5, 5.41) is 8.14. The van der Waals surface area contributed by atoms with Crippen molar-refractivity contribution in [2.45, 2.75) is 72.4 Å². The van der Waals surface area contributed by atoms with Gasteiger partial charge in [-0.15, -0.1) is 0 Å². The van der Waals surface area contributed by atoms with E-state index in [4.69, 9.17) is 0 Å². The van der Waals surface area contributed by atoms with Gasteiger partial charge in [0.2, 0.25) is 0 Å². The smallest absolute Gasteiger partial charge is 0.0738 e. The molecule has 1 heterocycles. The third-order valence-corrected chi connectivity index (χ3v) is 4.58. The quantitative estimate of drug-likeness (QED) is 0.739. The zero-order chi connectivity index (χ0) is 14.3. The minimum Gasteiger partial charge on any atom is -0.314 e. The van der Waals surface area contributed by atoms with E-state index in [1.165, 1.54) is 35.8 Å². The van der Waals surface area contributed by atoms with Gasteiger partial charge in [-0.25, -0.2) is 0 Å². The summed E-state index contributed by atoms with van der Waals surface area (Å²) in [5.41, 5.74) is 2.46. The van der Waals surface area contributed by atoms with Crippen molar-refractivity contribution in [2.75, 3.05) is 6.54 Å². The topological polar surface area (TPSA) is 29.9 Å². The summed E-state index contributed by atoms with van der Waals surface area (Å²) < 4.78 is 3.33. The standard InChI is InChI=1S/C15H28BrN3/c1-5-9-13(17-6-2)10-8-11-14-15(16)12(4)18-19(14)7-3/h13,17H,5-11H2,1-4H3. The van der Waals surface area contributed by atoms with Crippen molar-refractivity contribution in [2.24, 2.45) is 0 Å². The number of hydrogen-bond donors (Lipinski definition) is 1. The number of hydrogen-bond acceptors (Lipinski definition) is 2. The van der Waals surface area contributed by atoms with E-state index in [-0.39, 0.29) is 0 Å². The Bertz CT molecular complexity index is 368. The monoisotopic (exact) mass is 329 g/mol. The molecule has 3 nitrogen and oxygen atoms in total. The van der Waals surface area contributed by atoms with Gasteiger partial charge in [0.25, 0.3) is 0 Å². The second-order valence-corrected chi connectivity index (χ2v) is 5.89. The van der Waals surface area contributed by atoms with Crippen LogP contribution >= 0.6 is 15.9 Å². The Morgan fingerprint density at radius 2 is 2.00 bits per heavy atom. The molecule has 1 N–H and O–H groups in total. The molecule has 110 valence electrons. The molecule has 1 aromatic rings. The van der Waals surface area contributed by atoms with Gasteiger partial charge < -0.3 is 5.32 Å². The van der Waals surface area contributed by atoms with E-state index in [1.54, 1.807) is 0 Å². The second kappa shape index (κ2) is 8.75. The van der Waals surface area contributed by atoms with Crippen LogP contribution in [0.2, 0.25) is 0 Å². The van der Waals surface area contributed by atoms with E-state index >= 15 is 0 Å². The maximum atomic E-state index is 4.55. The summed E-state index contributed by atoms with van der Waals surface area (Å²) >= 11 is 3.67. The number of halogens is 1. The highest BCUT2D eigenvalue weighted by Crippen LogP contribution is 2.23. The molecular formula is C15H28BrN3. The molecule has 4 heteroatoms. The molecule has 0 aliphatic carbocycles. The fraction of sp³-hybridized carbons (Fsp3) is 0.800. The molecule has 0 aliphatic rings. The minimum absolute atomic E-state index is 0.674. The lowest BCUT2D eigenvalue weighted by Crippen LogP contribution is -2.28. The highest BCUT2D eigenvalue weighted by Gasteiger charge is 2.13. The number of aryl methyl sites for hydroxylation is 2. The van der Waals surface area contributed by atoms with Gasteiger partial charge >= 0.3 is 0 Å². The Hall–Kier alpha value is -0.350. The average Bonchev–Trinajstić information content (AvgIpc) is 2.66. The Morgan fingerprint density at radius 3 is 2.58 bits per heavy atom. The normalized spacial score (nSPS) is 12.9. The van der Waals surface area contributed by atoms with Gasteiger partial charge in [-0.05, 0) is 62.0 Å². The molecule has 0 bridgehead atoms. The van der Waals surface area contributed by atoms with Crippen LogP contribution in [0.15, 0.2) is 4.47 Å². The first-order valence-electron chi connectivity index (χ1n) is 7.59. The van der Waals surface area contributed by atoms with E-state index in [2.05, 4.69) is 58.7 Å². The Balaban J connectivity index is 2.52. The number of aromatic nitrogens is 2. The Kier molecular flexibility index (Phi) is 7.69. The van der Waals surface area contributed by atoms with Crippen LogP contribution in [0.4, 0.5) is 0 Å². The summed E-state index contributed by atoms with van der Waals surface area (Å²) in [6.45, 7) is 10.7. The molecular weight excluding hydrogens is 302 g/mol. The molecule has 0 saturated carbocycles. The Labute approximate surface area is 126 Å². The lowest BCUT2D eigenvalue weighted by atomic mass is 10.0. The van der Waals surface area contributed by atoms with Crippen LogP contribution in [-0.2, 0) is 13.0 Å². The van der Waals surface area contributed by atoms with E-state index < -0.39 is 0 Å². The molecule has 1 atom stereocenters. The highest BCUT2D eigenvalue weighted by molar-refractivity contribution is 9.10. The maximum Gasteiger partial charge on any atom is 0.0738 e. The molecule has 0 spiro atoms. The summed E-state index contributed by atoms with van der Waals surface area (Å²) in [6, 6.07) is 0.674. The van der Waals surface area contributed by atoms with Gasteiger partial charge in [-0.1, -0.05) is 20.3 Å². The van der Waals surface area contributed by atoms with Crippen molar-refractivity contribution in [3.63, 3.8) is 0 Å². The van der Waals surface area contributed by atoms with Crippen LogP contribution in [0.1, 0.15) is 57.8 Å². The van der Waals surface area contributed by atoms with Crippen LogP contribution < -0.4 is 5.32 Å². The van der Waals surface area contributed by atoms with Crippen molar-refractivity contribution in [1.29, 1.82) is 0 Å². The first-order valence-corrected chi connectivity index (χ1v) is 8.38. The van der Waals surface area contributed by atoms with Crippen molar-refractivity contribution in [1.82, 2.24) is 15.1 Å². The van der Waals surface area contributed by atoms with Crippen LogP contribution in [-0.4, -0.2) is 22.4 Å². The highest BCUT2D eigenvalue weighted by atomic mass is 79.9. The van der Waals surface area contributed by atoms with Gasteiger partial charge in [0.15, 0.2) is 0 Å². The molecule has 0 fully saturated rings. The zero-order valence-corrected chi connectivity index (χ0v) is 14.4. The molecule has 19 heavy (non-hydrogen) atoms. The zero-order valence-electron chi connectivity index (χ0n) is 12.8. The second-order valence-electron chi connectivity index (χ2n) is 5.10. The van der Waals surface area contributed by atoms with Crippen LogP contribution in [0.25, 0.3) is 0 Å². The number of rotatable bonds is 9. The van der Waals surface area contributed by atoms with Gasteiger partial charge in [-0.2, -0.15) is 5.10 Å². The number of nitrogens with one attached hydrogen (secondary N) is 1. The van der Waals surface area contributed by atoms with E-state index in [0.717, 1.165) is 25.2 Å². The third-order valence-electron chi connectivity index (χ3n) is 3.55. The van der Waals surface area contributed by atoms with Crippen molar-refractivity contribution in [3.8, 4) is 0 Å². The molecule has 0 radical (unpaired) electrons. The van der Waals surface area contributed by atoms with Gasteiger partial charge in [0.1, 0.15) is 0 Å². The molecule has 1 unspecified atom stereocenters. The molecule has 1 aromatic heterocycles. The first-order chi connectivity index (χ1) is 9.13. The van der Waals surface area contributed by atoms with Crippen LogP contribution in [0, 0.1) is 6.92 Å². The fourth-order valence-electron chi connectivity index (χ4n) is 2.61. The van der Waals surface area contributed by atoms with Crippen molar-refractivity contribution >= 4 is 15.9 Å². The molecule has 0 saturated heterocycles. The predicted octanol–water partition coefficient (Wildman–Crippen LogP) is 4.07. The van der Waals surface area contributed by atoms with E-state index in [0.29, 0.717) is 6.04 Å². The SMILES string of the molecule is CCCC(CCCc1c(Br)c(C)nn1CC)NCC. The molecule has 0 amide bonds. The third kappa shape index (κ3) is 4.92. The minimum atomic E-state index is 0.674. The van der Waals surface area contributed by atoms with Crippen LogP contribution in [0.5, 0.6) is 0 Å². The van der Waals surface area contributed by atoms with Crippen LogP contribution in [0.3, 0.4) is 0 Å². The van der Waals surface area contributed by atoms with Gasteiger partial charge in [0, 0.05) is 12.6 Å². The lowest BCUT2D eigenvalue weighted by Gasteiger charge is -2.17. The summed E-state index contributed by atoms with van der Waals surface area (Å²) in [7, 11) is 0. The average molecular weight is 330 g/mol. The van der Waals surface area contributed by atoms with Crippen molar-refractivity contribution in [3.05, 3.63) is 15.9 Å². The Morgan fingerprint density at radius 1 is 1.26 bits per heavy atom. The fourth-order valence-corrected chi connectivity index (χ4v) is 3.09. The lowest BCUT2D eigenvalue weighted by molar-refractivity contribution is 0.443. The summed E-state index contributed by atoms with van der Waals surface area (Å²) in [5.74, 6) is 0. The first kappa shape index (κ1) is 16.7. The van der Waals surface area contributed by atoms with Crippen molar-refractivity contribution < 1.29 is 0 Å².